The number of fused-ring (bicyclic) bond motifs is 2. The summed E-state index contributed by atoms with van der Waals surface area (Å²) in [5, 5.41) is 15.2. The maximum atomic E-state index is 13.5. The number of aromatic nitrogens is 1. The molecule has 1 aromatic rings. The molecule has 0 spiro atoms. The normalized spacial score (nSPS) is 33.6. The molecular weight excluding hydrogens is 462 g/mol. The van der Waals surface area contributed by atoms with E-state index >= 15 is 0 Å². The van der Waals surface area contributed by atoms with E-state index in [0.717, 1.165) is 74.6 Å². The minimum atomic E-state index is -0.506. The summed E-state index contributed by atoms with van der Waals surface area (Å²) in [6.45, 7) is 3.77. The Bertz CT molecular complexity index is 958. The van der Waals surface area contributed by atoms with Crippen molar-refractivity contribution in [3.05, 3.63) is 17.7 Å². The van der Waals surface area contributed by atoms with Crippen LogP contribution in [0.15, 0.2) is 17.2 Å². The summed E-state index contributed by atoms with van der Waals surface area (Å²) in [4.78, 5) is 32.3. The summed E-state index contributed by atoms with van der Waals surface area (Å²) in [5.41, 5.74) is 0.147. The lowest BCUT2D eigenvalue weighted by atomic mass is 9.77. The predicted molar refractivity (Wildman–Crippen MR) is 137 cm³/mol. The summed E-state index contributed by atoms with van der Waals surface area (Å²) in [6.07, 6.45) is 8.37. The second-order valence-corrected chi connectivity index (χ2v) is 12.4. The van der Waals surface area contributed by atoms with Gasteiger partial charge in [0, 0.05) is 19.1 Å². The van der Waals surface area contributed by atoms with Gasteiger partial charge in [-0.2, -0.15) is 0 Å². The molecule has 2 N–H and O–H groups in total. The third kappa shape index (κ3) is 5.33. The predicted octanol–water partition coefficient (Wildman–Crippen LogP) is 4.03. The van der Waals surface area contributed by atoms with Gasteiger partial charge in [-0.3, -0.25) is 9.59 Å². The lowest BCUT2D eigenvalue weighted by Crippen LogP contribution is -2.42. The summed E-state index contributed by atoms with van der Waals surface area (Å²) in [5.74, 6) is 3.38. The molecular formula is C27H39N3O4S. The highest BCUT2D eigenvalue weighted by atomic mass is 32.2. The van der Waals surface area contributed by atoms with Gasteiger partial charge in [-0.1, -0.05) is 6.92 Å². The first-order chi connectivity index (χ1) is 16.9. The van der Waals surface area contributed by atoms with Crippen molar-refractivity contribution < 1.29 is 19.4 Å². The van der Waals surface area contributed by atoms with Gasteiger partial charge in [0.15, 0.2) is 0 Å². The van der Waals surface area contributed by atoms with Crippen LogP contribution in [0.2, 0.25) is 0 Å². The molecule has 4 unspecified atom stereocenters. The van der Waals surface area contributed by atoms with Crippen LogP contribution in [0.1, 0.15) is 75.1 Å². The SMILES string of the molecule is CCCSc1nc(N2CC[C@@H](CC(=O)OC)C2)ccc1C(=O)NC1CCC2CC3C[C@@](O)(C2)CC31. The van der Waals surface area contributed by atoms with Crippen LogP contribution in [-0.4, -0.2) is 59.6 Å². The van der Waals surface area contributed by atoms with Crippen LogP contribution in [0.3, 0.4) is 0 Å². The zero-order valence-electron chi connectivity index (χ0n) is 21.0. The van der Waals surface area contributed by atoms with Crippen molar-refractivity contribution in [1.82, 2.24) is 10.3 Å². The Hall–Kier alpha value is -1.80. The third-order valence-corrected chi connectivity index (χ3v) is 9.91. The van der Waals surface area contributed by atoms with Crippen LogP contribution < -0.4 is 10.2 Å². The van der Waals surface area contributed by atoms with E-state index in [1.807, 2.05) is 12.1 Å². The van der Waals surface area contributed by atoms with Gasteiger partial charge in [0.1, 0.15) is 10.8 Å². The molecule has 1 aromatic heterocycles. The number of thioether (sulfide) groups is 1. The summed E-state index contributed by atoms with van der Waals surface area (Å²) in [6, 6.07) is 4.01. The number of aliphatic hydroxyl groups is 1. The molecule has 4 fully saturated rings. The van der Waals surface area contributed by atoms with Crippen molar-refractivity contribution in [1.29, 1.82) is 0 Å². The molecule has 2 heterocycles. The number of carbonyl (C=O) groups excluding carboxylic acids is 2. The average Bonchev–Trinajstić information content (AvgIpc) is 3.37. The van der Waals surface area contributed by atoms with E-state index in [2.05, 4.69) is 17.1 Å². The maximum Gasteiger partial charge on any atom is 0.305 e. The number of rotatable bonds is 8. The van der Waals surface area contributed by atoms with Crippen molar-refractivity contribution in [2.75, 3.05) is 30.9 Å². The van der Waals surface area contributed by atoms with Crippen LogP contribution in [-0.2, 0) is 9.53 Å². The number of esters is 1. The second-order valence-electron chi connectivity index (χ2n) is 11.3. The molecule has 1 aliphatic heterocycles. The highest BCUT2D eigenvalue weighted by Gasteiger charge is 2.53. The molecule has 3 bridgehead atoms. The van der Waals surface area contributed by atoms with E-state index in [4.69, 9.17) is 9.72 Å². The molecule has 0 radical (unpaired) electrons. The number of carbonyl (C=O) groups is 2. The van der Waals surface area contributed by atoms with Gasteiger partial charge in [-0.05, 0) is 92.9 Å². The first-order valence-corrected chi connectivity index (χ1v) is 14.3. The second kappa shape index (κ2) is 10.3. The summed E-state index contributed by atoms with van der Waals surface area (Å²) < 4.78 is 4.83. The number of methoxy groups -OCH3 is 1. The zero-order valence-corrected chi connectivity index (χ0v) is 21.8. The van der Waals surface area contributed by atoms with E-state index in [9.17, 15) is 14.7 Å². The van der Waals surface area contributed by atoms with Crippen molar-refractivity contribution in [2.24, 2.45) is 23.7 Å². The zero-order chi connectivity index (χ0) is 24.6. The quantitative estimate of drug-likeness (QED) is 0.410. The Morgan fingerprint density at radius 2 is 2.11 bits per heavy atom. The molecule has 192 valence electrons. The molecule has 6 atom stereocenters. The number of nitrogens with one attached hydrogen (secondary N) is 1. The highest BCUT2D eigenvalue weighted by Crippen LogP contribution is 2.55. The van der Waals surface area contributed by atoms with Gasteiger partial charge in [0.25, 0.3) is 5.91 Å². The largest absolute Gasteiger partial charge is 0.469 e. The summed E-state index contributed by atoms with van der Waals surface area (Å²) >= 11 is 1.64. The van der Waals surface area contributed by atoms with Crippen LogP contribution in [0.4, 0.5) is 5.82 Å². The summed E-state index contributed by atoms with van der Waals surface area (Å²) in [7, 11) is 1.43. The minimum Gasteiger partial charge on any atom is -0.469 e. The van der Waals surface area contributed by atoms with Gasteiger partial charge >= 0.3 is 5.97 Å². The molecule has 3 aliphatic carbocycles. The first-order valence-electron chi connectivity index (χ1n) is 13.4. The lowest BCUT2D eigenvalue weighted by molar-refractivity contribution is -0.141. The minimum absolute atomic E-state index is 0.0362. The van der Waals surface area contributed by atoms with Crippen molar-refractivity contribution in [3.63, 3.8) is 0 Å². The highest BCUT2D eigenvalue weighted by molar-refractivity contribution is 7.99. The van der Waals surface area contributed by atoms with Crippen LogP contribution in [0, 0.1) is 23.7 Å². The Morgan fingerprint density at radius 1 is 1.26 bits per heavy atom. The Morgan fingerprint density at radius 3 is 2.91 bits per heavy atom. The fourth-order valence-electron chi connectivity index (χ4n) is 7.16. The van der Waals surface area contributed by atoms with E-state index < -0.39 is 5.60 Å². The topological polar surface area (TPSA) is 91.8 Å². The molecule has 1 saturated heterocycles. The fraction of sp³-hybridized carbons (Fsp3) is 0.741. The molecule has 0 aromatic carbocycles. The molecule has 4 aliphatic rings. The Kier molecular flexibility index (Phi) is 7.31. The Balaban J connectivity index is 1.30. The van der Waals surface area contributed by atoms with Crippen LogP contribution in [0.25, 0.3) is 0 Å². The van der Waals surface area contributed by atoms with Gasteiger partial charge in [-0.15, -0.1) is 11.8 Å². The molecule has 5 rings (SSSR count). The van der Waals surface area contributed by atoms with Gasteiger partial charge in [0.2, 0.25) is 0 Å². The third-order valence-electron chi connectivity index (χ3n) is 8.71. The number of pyridine rings is 1. The van der Waals surface area contributed by atoms with Gasteiger partial charge < -0.3 is 20.1 Å². The monoisotopic (exact) mass is 501 g/mol. The molecule has 8 heteroatoms. The van der Waals surface area contributed by atoms with Crippen molar-refractivity contribution in [2.45, 2.75) is 81.4 Å². The number of hydrogen-bond acceptors (Lipinski definition) is 7. The van der Waals surface area contributed by atoms with Gasteiger partial charge in [0.05, 0.1) is 24.7 Å². The molecule has 35 heavy (non-hydrogen) atoms. The number of anilines is 1. The van der Waals surface area contributed by atoms with E-state index in [1.165, 1.54) is 13.5 Å². The van der Waals surface area contributed by atoms with Crippen molar-refractivity contribution in [3.8, 4) is 0 Å². The smallest absolute Gasteiger partial charge is 0.305 e. The molecule has 3 saturated carbocycles. The molecule has 1 amide bonds. The van der Waals surface area contributed by atoms with Gasteiger partial charge in [-0.25, -0.2) is 4.98 Å². The maximum absolute atomic E-state index is 13.5. The van der Waals surface area contributed by atoms with E-state index in [-0.39, 0.29) is 23.8 Å². The molecule has 7 nitrogen and oxygen atoms in total. The van der Waals surface area contributed by atoms with E-state index in [0.29, 0.717) is 29.7 Å². The number of amides is 1. The van der Waals surface area contributed by atoms with Crippen LogP contribution >= 0.6 is 11.8 Å². The number of ether oxygens (including phenoxy) is 1. The average molecular weight is 502 g/mol. The number of nitrogens with zero attached hydrogens (tertiary/aromatic N) is 2. The number of hydrogen-bond donors (Lipinski definition) is 2. The van der Waals surface area contributed by atoms with Crippen LogP contribution in [0.5, 0.6) is 0 Å². The first kappa shape index (κ1) is 24.9. The van der Waals surface area contributed by atoms with Crippen molar-refractivity contribution >= 4 is 29.5 Å². The standard InChI is InChI=1S/C27H39N3O4S/c1-3-10-35-26-20(5-7-23(29-26)30-9-8-18(16-30)12-24(31)34-2)25(32)28-22-6-4-17-11-19-14-27(33,13-17)15-21(19)22/h5,7,17-19,21-22,33H,3-4,6,8-16H2,1-2H3,(H,28,32)/t17?,18-,19?,21?,22?,27-/m0/s1. The lowest BCUT2D eigenvalue weighted by Gasteiger charge is -2.33. The van der Waals surface area contributed by atoms with E-state index in [1.54, 1.807) is 11.8 Å². The fourth-order valence-corrected chi connectivity index (χ4v) is 8.03. The Labute approximate surface area is 212 Å².